The molecule has 0 saturated carbocycles. The summed E-state index contributed by atoms with van der Waals surface area (Å²) < 4.78 is 46.6. The van der Waals surface area contributed by atoms with E-state index in [1.54, 1.807) is 24.3 Å². The number of ether oxygens (including phenoxy) is 1. The van der Waals surface area contributed by atoms with Crippen molar-refractivity contribution in [2.75, 3.05) is 7.11 Å². The third-order valence-corrected chi connectivity index (χ3v) is 5.91. The molecule has 2 aromatic carbocycles. The van der Waals surface area contributed by atoms with Crippen LogP contribution < -0.4 is 4.74 Å². The molecule has 3 aromatic rings. The minimum atomic E-state index is -4.66. The van der Waals surface area contributed by atoms with E-state index in [0.29, 0.717) is 16.1 Å². The number of phenols is 1. The molecule has 0 spiro atoms. The molecule has 5 nitrogen and oxygen atoms in total. The van der Waals surface area contributed by atoms with Gasteiger partial charge in [0.1, 0.15) is 5.82 Å². The number of thioether (sulfide) groups is 1. The molecule has 146 valence electrons. The summed E-state index contributed by atoms with van der Waals surface area (Å²) in [6.45, 7) is 0. The molecular weight excluding hydrogens is 415 g/mol. The fraction of sp³-hybridized carbons (Fsp3) is 0.222. The van der Waals surface area contributed by atoms with E-state index >= 15 is 0 Å². The SMILES string of the molecule is COc1cccc([C@H]2SCc3nnc(C(F)(F)F)n3-c3ccc(Cl)cc32)c1O. The maximum absolute atomic E-state index is 13.5. The van der Waals surface area contributed by atoms with Crippen molar-refractivity contribution in [3.05, 3.63) is 64.2 Å². The summed E-state index contributed by atoms with van der Waals surface area (Å²) in [6, 6.07) is 9.65. The number of benzene rings is 2. The van der Waals surface area contributed by atoms with Crippen LogP contribution in [0.3, 0.4) is 0 Å². The van der Waals surface area contributed by atoms with Gasteiger partial charge >= 0.3 is 6.18 Å². The fourth-order valence-electron chi connectivity index (χ4n) is 3.21. The molecule has 0 bridgehead atoms. The molecule has 28 heavy (non-hydrogen) atoms. The van der Waals surface area contributed by atoms with E-state index in [0.717, 1.165) is 4.57 Å². The Morgan fingerprint density at radius 2 is 2.00 bits per heavy atom. The van der Waals surface area contributed by atoms with Gasteiger partial charge in [-0.2, -0.15) is 13.2 Å². The Morgan fingerprint density at radius 3 is 2.71 bits per heavy atom. The molecule has 0 fully saturated rings. The lowest BCUT2D eigenvalue weighted by atomic mass is 10.0. The number of aromatic hydroxyl groups is 1. The molecule has 0 unspecified atom stereocenters. The minimum absolute atomic E-state index is 0.0675. The Balaban J connectivity index is 1.96. The molecule has 1 N–H and O–H groups in total. The van der Waals surface area contributed by atoms with Crippen molar-refractivity contribution in [1.29, 1.82) is 0 Å². The molecular formula is C18H13ClF3N3O2S. The Labute approximate surface area is 167 Å². The zero-order valence-corrected chi connectivity index (χ0v) is 15.9. The fourth-order valence-corrected chi connectivity index (χ4v) is 4.63. The van der Waals surface area contributed by atoms with Crippen LogP contribution in [-0.2, 0) is 11.9 Å². The minimum Gasteiger partial charge on any atom is -0.504 e. The third-order valence-electron chi connectivity index (χ3n) is 4.41. The smallest absolute Gasteiger partial charge is 0.452 e. The molecule has 1 atom stereocenters. The average molecular weight is 428 g/mol. The predicted molar refractivity (Wildman–Crippen MR) is 99.2 cm³/mol. The maximum atomic E-state index is 13.5. The number of methoxy groups -OCH3 is 1. The van der Waals surface area contributed by atoms with Crippen LogP contribution in [0.4, 0.5) is 13.2 Å². The average Bonchev–Trinajstić information content (AvgIpc) is 3.01. The quantitative estimate of drug-likeness (QED) is 0.624. The molecule has 1 aliphatic rings. The summed E-state index contributed by atoms with van der Waals surface area (Å²) in [7, 11) is 1.43. The number of nitrogens with zero attached hydrogens (tertiary/aromatic N) is 3. The van der Waals surface area contributed by atoms with Gasteiger partial charge in [-0.1, -0.05) is 23.7 Å². The van der Waals surface area contributed by atoms with Crippen LogP contribution in [0.25, 0.3) is 5.69 Å². The monoisotopic (exact) mass is 427 g/mol. The van der Waals surface area contributed by atoms with Crippen LogP contribution in [0, 0.1) is 0 Å². The highest BCUT2D eigenvalue weighted by Crippen LogP contribution is 2.49. The Morgan fingerprint density at radius 1 is 1.21 bits per heavy atom. The summed E-state index contributed by atoms with van der Waals surface area (Å²) in [6.07, 6.45) is -4.66. The van der Waals surface area contributed by atoms with Crippen LogP contribution in [0.5, 0.6) is 11.5 Å². The van der Waals surface area contributed by atoms with Crippen LogP contribution in [0.15, 0.2) is 36.4 Å². The van der Waals surface area contributed by atoms with Gasteiger partial charge in [-0.05, 0) is 29.8 Å². The van der Waals surface area contributed by atoms with Gasteiger partial charge in [-0.3, -0.25) is 4.57 Å². The Hall–Kier alpha value is -2.39. The number of hydrogen-bond donors (Lipinski definition) is 1. The Kier molecular flexibility index (Phi) is 4.67. The molecule has 10 heteroatoms. The first-order chi connectivity index (χ1) is 13.3. The van der Waals surface area contributed by atoms with E-state index in [9.17, 15) is 18.3 Å². The Bertz CT molecular complexity index is 1060. The molecule has 0 aliphatic carbocycles. The number of fused-ring (bicyclic) bond motifs is 3. The zero-order chi connectivity index (χ0) is 20.1. The van der Waals surface area contributed by atoms with E-state index in [1.165, 1.54) is 31.0 Å². The number of halogens is 4. The number of aromatic nitrogens is 3. The number of alkyl halides is 3. The van der Waals surface area contributed by atoms with Gasteiger partial charge in [-0.15, -0.1) is 22.0 Å². The van der Waals surface area contributed by atoms with Gasteiger partial charge in [0.25, 0.3) is 0 Å². The summed E-state index contributed by atoms with van der Waals surface area (Å²) >= 11 is 7.48. The van der Waals surface area contributed by atoms with E-state index in [2.05, 4.69) is 10.2 Å². The lowest BCUT2D eigenvalue weighted by Crippen LogP contribution is -2.15. The van der Waals surface area contributed by atoms with Crippen LogP contribution in [0.1, 0.15) is 28.0 Å². The standard InChI is InChI=1S/C18H13ClF3N3O2S/c1-27-13-4-2-3-10(15(13)26)16-11-7-9(19)5-6-12(11)25-14(8-28-16)23-24-17(25)18(20,21)22/h2-7,16,26H,8H2,1H3/t16-/m1/s1. The van der Waals surface area contributed by atoms with Crippen molar-refractivity contribution in [3.8, 4) is 17.2 Å². The molecule has 0 saturated heterocycles. The normalized spacial score (nSPS) is 16.2. The highest BCUT2D eigenvalue weighted by molar-refractivity contribution is 7.99. The largest absolute Gasteiger partial charge is 0.504 e. The lowest BCUT2D eigenvalue weighted by molar-refractivity contribution is -0.146. The summed E-state index contributed by atoms with van der Waals surface area (Å²) in [5, 5.41) is 17.6. The van der Waals surface area contributed by atoms with Crippen LogP contribution in [0.2, 0.25) is 5.02 Å². The highest BCUT2D eigenvalue weighted by atomic mass is 35.5. The predicted octanol–water partition coefficient (Wildman–Crippen LogP) is 4.99. The van der Waals surface area contributed by atoms with E-state index < -0.39 is 17.3 Å². The topological polar surface area (TPSA) is 60.2 Å². The van der Waals surface area contributed by atoms with Gasteiger partial charge < -0.3 is 9.84 Å². The van der Waals surface area contributed by atoms with Gasteiger partial charge in [0.05, 0.1) is 23.8 Å². The van der Waals surface area contributed by atoms with Crippen LogP contribution in [-0.4, -0.2) is 27.0 Å². The first kappa shape index (κ1) is 18.9. The van der Waals surface area contributed by atoms with Crippen molar-refractivity contribution >= 4 is 23.4 Å². The first-order valence-corrected chi connectivity index (χ1v) is 9.52. The highest BCUT2D eigenvalue weighted by Gasteiger charge is 2.41. The second-order valence-corrected chi connectivity index (χ2v) is 7.60. The van der Waals surface area contributed by atoms with Gasteiger partial charge in [-0.25, -0.2) is 0 Å². The summed E-state index contributed by atoms with van der Waals surface area (Å²) in [5.74, 6) is -0.548. The lowest BCUT2D eigenvalue weighted by Gasteiger charge is -2.20. The zero-order valence-electron chi connectivity index (χ0n) is 14.4. The van der Waals surface area contributed by atoms with E-state index in [-0.39, 0.29) is 28.8 Å². The number of hydrogen-bond acceptors (Lipinski definition) is 5. The van der Waals surface area contributed by atoms with Gasteiger partial charge in [0, 0.05) is 10.6 Å². The molecule has 2 heterocycles. The molecule has 1 aromatic heterocycles. The number of phenolic OH excluding ortho intramolecular Hbond substituents is 1. The second-order valence-electron chi connectivity index (χ2n) is 6.07. The van der Waals surface area contributed by atoms with Crippen molar-refractivity contribution in [1.82, 2.24) is 14.8 Å². The number of para-hydroxylation sites is 1. The van der Waals surface area contributed by atoms with Crippen LogP contribution >= 0.6 is 23.4 Å². The maximum Gasteiger partial charge on any atom is 0.452 e. The van der Waals surface area contributed by atoms with E-state index in [1.807, 2.05) is 0 Å². The van der Waals surface area contributed by atoms with Crippen molar-refractivity contribution in [2.24, 2.45) is 0 Å². The van der Waals surface area contributed by atoms with Gasteiger partial charge in [0.2, 0.25) is 5.82 Å². The molecule has 4 rings (SSSR count). The number of rotatable bonds is 2. The molecule has 0 radical (unpaired) electrons. The summed E-state index contributed by atoms with van der Waals surface area (Å²) in [5.41, 5.74) is 1.30. The molecule has 0 amide bonds. The van der Waals surface area contributed by atoms with E-state index in [4.69, 9.17) is 16.3 Å². The first-order valence-electron chi connectivity index (χ1n) is 8.10. The summed E-state index contributed by atoms with van der Waals surface area (Å²) in [4.78, 5) is 0. The van der Waals surface area contributed by atoms with Crippen molar-refractivity contribution in [2.45, 2.75) is 17.2 Å². The van der Waals surface area contributed by atoms with Crippen molar-refractivity contribution in [3.63, 3.8) is 0 Å². The third kappa shape index (κ3) is 3.08. The second kappa shape index (κ2) is 6.89. The molecule has 1 aliphatic heterocycles. The van der Waals surface area contributed by atoms with Gasteiger partial charge in [0.15, 0.2) is 11.5 Å². The van der Waals surface area contributed by atoms with Crippen molar-refractivity contribution < 1.29 is 23.0 Å².